The molecule has 2 heterocycles. The van der Waals surface area contributed by atoms with E-state index >= 15 is 0 Å². The number of azo groups is 2. The number of aromatic hydroxyl groups is 1. The van der Waals surface area contributed by atoms with Crippen molar-refractivity contribution < 1.29 is 24.3 Å². The minimum absolute atomic E-state index is 0.0444. The minimum atomic E-state index is -0.824. The summed E-state index contributed by atoms with van der Waals surface area (Å²) in [5, 5.41) is 28.9. The predicted octanol–water partition coefficient (Wildman–Crippen LogP) is 9.71. The molecule has 2 aliphatic carbocycles. The number of aryl methyl sites for hydroxylation is 1. The van der Waals surface area contributed by atoms with Gasteiger partial charge < -0.3 is 14.9 Å². The van der Waals surface area contributed by atoms with E-state index in [1.807, 2.05) is 98.7 Å². The number of anilines is 4. The van der Waals surface area contributed by atoms with Crippen LogP contribution in [0, 0.1) is 36.5 Å². The zero-order valence-corrected chi connectivity index (χ0v) is 35.1. The van der Waals surface area contributed by atoms with E-state index in [-0.39, 0.29) is 35.8 Å². The lowest BCUT2D eigenvalue weighted by Gasteiger charge is -2.44. The molecule has 1 saturated carbocycles. The average Bonchev–Trinajstić information content (AvgIpc) is 3.69. The van der Waals surface area contributed by atoms with Crippen molar-refractivity contribution in [2.45, 2.75) is 25.7 Å². The van der Waals surface area contributed by atoms with Crippen molar-refractivity contribution in [3.05, 3.63) is 138 Å². The maximum absolute atomic E-state index is 14.7. The number of para-hydroxylation sites is 1. The number of phenolic OH excluding ortho intramolecular Hbond substituents is 1. The zero-order valence-electron chi connectivity index (χ0n) is 35.1. The SMILES string of the molecule is Cc1cccc(C2C3=CCC4C(=O)N(c5ccc(N=Nc6ccc(N(C)C)cc6)cc5)C(=O)C4C3CC3C(=O)N(c4ccc(N=Nc5ccc(N(C)C)cc5)cc4)C(=O)C32)c1O. The molecule has 4 aliphatic rings. The fourth-order valence-electron chi connectivity index (χ4n) is 9.58. The van der Waals surface area contributed by atoms with Gasteiger partial charge in [0.1, 0.15) is 5.75 Å². The molecule has 6 atom stereocenters. The highest BCUT2D eigenvalue weighted by Gasteiger charge is 2.62. The Morgan fingerprint density at radius 1 is 0.532 bits per heavy atom. The van der Waals surface area contributed by atoms with Crippen molar-refractivity contribution in [1.82, 2.24) is 0 Å². The van der Waals surface area contributed by atoms with Crippen LogP contribution in [0.1, 0.15) is 29.9 Å². The molecule has 3 fully saturated rings. The maximum Gasteiger partial charge on any atom is 0.238 e. The molecule has 4 amide bonds. The van der Waals surface area contributed by atoms with Crippen molar-refractivity contribution in [2.24, 2.45) is 50.0 Å². The summed E-state index contributed by atoms with van der Waals surface area (Å²) in [4.78, 5) is 64.5. The van der Waals surface area contributed by atoms with Gasteiger partial charge in [-0.25, -0.2) is 0 Å². The van der Waals surface area contributed by atoms with Crippen LogP contribution in [0.3, 0.4) is 0 Å². The van der Waals surface area contributed by atoms with E-state index < -0.39 is 35.5 Å². The van der Waals surface area contributed by atoms with Gasteiger partial charge in [0.05, 0.1) is 57.8 Å². The third-order valence-electron chi connectivity index (χ3n) is 12.8. The molecule has 5 aromatic carbocycles. The number of hydrogen-bond donors (Lipinski definition) is 1. The number of phenols is 1. The molecule has 6 unspecified atom stereocenters. The summed E-state index contributed by atoms with van der Waals surface area (Å²) < 4.78 is 0. The molecule has 62 heavy (non-hydrogen) atoms. The summed E-state index contributed by atoms with van der Waals surface area (Å²) in [7, 11) is 7.86. The van der Waals surface area contributed by atoms with Gasteiger partial charge in [0.15, 0.2) is 0 Å². The van der Waals surface area contributed by atoms with Crippen LogP contribution in [-0.2, 0) is 19.2 Å². The molecule has 0 aromatic heterocycles. The van der Waals surface area contributed by atoms with Crippen LogP contribution in [0.4, 0.5) is 45.5 Å². The van der Waals surface area contributed by atoms with Gasteiger partial charge in [-0.2, -0.15) is 20.5 Å². The minimum Gasteiger partial charge on any atom is -0.507 e. The Morgan fingerprint density at radius 3 is 1.44 bits per heavy atom. The normalized spacial score (nSPS) is 23.2. The lowest BCUT2D eigenvalue weighted by Crippen LogP contribution is -2.43. The van der Waals surface area contributed by atoms with E-state index in [9.17, 15) is 24.3 Å². The van der Waals surface area contributed by atoms with E-state index in [0.717, 1.165) is 16.9 Å². The van der Waals surface area contributed by atoms with Gasteiger partial charge >= 0.3 is 0 Å². The predicted molar refractivity (Wildman–Crippen MR) is 238 cm³/mol. The highest BCUT2D eigenvalue weighted by Crippen LogP contribution is 2.59. The van der Waals surface area contributed by atoms with Crippen LogP contribution in [0.15, 0.2) is 147 Å². The summed E-state index contributed by atoms with van der Waals surface area (Å²) >= 11 is 0. The smallest absolute Gasteiger partial charge is 0.238 e. The first-order valence-electron chi connectivity index (χ1n) is 20.7. The van der Waals surface area contributed by atoms with Crippen LogP contribution >= 0.6 is 0 Å². The topological polar surface area (TPSA) is 151 Å². The van der Waals surface area contributed by atoms with Crippen LogP contribution in [0.25, 0.3) is 0 Å². The van der Waals surface area contributed by atoms with Crippen LogP contribution in [-0.4, -0.2) is 56.9 Å². The molecule has 2 aliphatic heterocycles. The number of amides is 4. The van der Waals surface area contributed by atoms with Crippen molar-refractivity contribution in [3.8, 4) is 5.75 Å². The second-order valence-corrected chi connectivity index (χ2v) is 16.8. The van der Waals surface area contributed by atoms with Crippen molar-refractivity contribution in [1.29, 1.82) is 0 Å². The Labute approximate surface area is 359 Å². The molecular formula is C49H46N8O5. The number of benzene rings is 5. The zero-order chi connectivity index (χ0) is 43.4. The van der Waals surface area contributed by atoms with E-state index in [2.05, 4.69) is 20.5 Å². The Balaban J connectivity index is 0.988. The summed E-state index contributed by atoms with van der Waals surface area (Å²) in [6.45, 7) is 1.79. The van der Waals surface area contributed by atoms with Crippen LogP contribution < -0.4 is 19.6 Å². The van der Waals surface area contributed by atoms with E-state index in [1.54, 1.807) is 67.6 Å². The maximum atomic E-state index is 14.7. The number of allylic oxidation sites excluding steroid dienone is 2. The summed E-state index contributed by atoms with van der Waals surface area (Å²) in [6, 6.07) is 34.4. The first-order valence-corrected chi connectivity index (χ1v) is 20.7. The second kappa shape index (κ2) is 16.0. The largest absolute Gasteiger partial charge is 0.507 e. The van der Waals surface area contributed by atoms with Gasteiger partial charge in [-0.1, -0.05) is 29.8 Å². The van der Waals surface area contributed by atoms with Crippen molar-refractivity contribution in [2.75, 3.05) is 47.8 Å². The number of rotatable bonds is 9. The average molecular weight is 827 g/mol. The number of imide groups is 2. The highest BCUT2D eigenvalue weighted by atomic mass is 16.3. The quantitative estimate of drug-likeness (QED) is 0.0883. The van der Waals surface area contributed by atoms with E-state index in [0.29, 0.717) is 51.7 Å². The molecule has 0 spiro atoms. The number of nitrogens with zero attached hydrogens (tertiary/aromatic N) is 8. The van der Waals surface area contributed by atoms with Gasteiger partial charge in [0.2, 0.25) is 23.6 Å². The van der Waals surface area contributed by atoms with Gasteiger partial charge in [0.25, 0.3) is 0 Å². The first-order chi connectivity index (χ1) is 29.9. The Hall–Kier alpha value is -7.28. The number of carbonyl (C=O) groups is 4. The molecule has 1 N–H and O–H groups in total. The van der Waals surface area contributed by atoms with Gasteiger partial charge in [-0.15, -0.1) is 0 Å². The second-order valence-electron chi connectivity index (χ2n) is 16.8. The van der Waals surface area contributed by atoms with Crippen molar-refractivity contribution in [3.63, 3.8) is 0 Å². The Bertz CT molecular complexity index is 2670. The monoisotopic (exact) mass is 826 g/mol. The summed E-state index contributed by atoms with van der Waals surface area (Å²) in [5.41, 5.74) is 7.35. The van der Waals surface area contributed by atoms with E-state index in [4.69, 9.17) is 0 Å². The molecule has 0 bridgehead atoms. The van der Waals surface area contributed by atoms with Gasteiger partial charge in [-0.05, 0) is 128 Å². The van der Waals surface area contributed by atoms with Gasteiger partial charge in [0, 0.05) is 51.0 Å². The fraction of sp³-hybridized carbons (Fsp3) is 0.265. The molecule has 2 saturated heterocycles. The Kier molecular flexibility index (Phi) is 10.3. The first kappa shape index (κ1) is 40.1. The van der Waals surface area contributed by atoms with Crippen molar-refractivity contribution >= 4 is 69.1 Å². The third-order valence-corrected chi connectivity index (χ3v) is 12.8. The molecule has 0 radical (unpaired) electrons. The lowest BCUT2D eigenvalue weighted by molar-refractivity contribution is -0.126. The third kappa shape index (κ3) is 7.02. The summed E-state index contributed by atoms with van der Waals surface area (Å²) in [6.07, 6.45) is 2.48. The van der Waals surface area contributed by atoms with E-state index in [1.165, 1.54) is 9.80 Å². The standard InChI is InChI=1S/C49H46N8O5/c1-28-7-6-8-38(45(28)58)42-37-25-26-39-43(48(61)56(46(39)59)35-21-13-31(14-22-35)52-50-29-9-17-33(18-10-29)54(2)3)40(37)27-41-44(42)49(62)57(47(41)60)36-23-15-32(16-24-36)53-51-30-11-19-34(20-12-30)55(4)5/h6-25,39-44,58H,26-27H2,1-5H3. The number of hydrogen-bond acceptors (Lipinski definition) is 11. The molecule has 13 nitrogen and oxygen atoms in total. The molecule has 312 valence electrons. The summed E-state index contributed by atoms with van der Waals surface area (Å²) in [5.74, 6) is -5.56. The van der Waals surface area contributed by atoms with Gasteiger partial charge in [-0.3, -0.25) is 29.0 Å². The molecule has 5 aromatic rings. The van der Waals surface area contributed by atoms with Crippen LogP contribution in [0.2, 0.25) is 0 Å². The number of fused-ring (bicyclic) bond motifs is 4. The number of carbonyl (C=O) groups excluding carboxylic acids is 4. The lowest BCUT2D eigenvalue weighted by atomic mass is 9.57. The highest BCUT2D eigenvalue weighted by molar-refractivity contribution is 6.24. The van der Waals surface area contributed by atoms with Crippen LogP contribution in [0.5, 0.6) is 5.75 Å². The molecule has 9 rings (SSSR count). The molecular weight excluding hydrogens is 781 g/mol. The molecule has 13 heteroatoms. The fourth-order valence-corrected chi connectivity index (χ4v) is 9.58. The Morgan fingerprint density at radius 2 is 0.968 bits per heavy atom.